The van der Waals surface area contributed by atoms with Gasteiger partial charge in [0.1, 0.15) is 11.5 Å². The maximum Gasteiger partial charge on any atom is 0.119 e. The van der Waals surface area contributed by atoms with Crippen molar-refractivity contribution in [2.45, 2.75) is 0 Å². The van der Waals surface area contributed by atoms with Crippen molar-refractivity contribution < 1.29 is 9.84 Å². The minimum Gasteiger partial charge on any atom is -0.508 e. The van der Waals surface area contributed by atoms with Gasteiger partial charge in [-0.05, 0) is 12.1 Å². The van der Waals surface area contributed by atoms with E-state index in [2.05, 4.69) is 6.58 Å². The van der Waals surface area contributed by atoms with E-state index in [0.717, 1.165) is 0 Å². The molecule has 1 rings (SSSR count). The Labute approximate surface area is 71.1 Å². The van der Waals surface area contributed by atoms with Crippen LogP contribution < -0.4 is 5.73 Å². The summed E-state index contributed by atoms with van der Waals surface area (Å²) in [6.07, 6.45) is 0. The van der Waals surface area contributed by atoms with Gasteiger partial charge >= 0.3 is 0 Å². The lowest BCUT2D eigenvalue weighted by Crippen LogP contribution is -1.89. The minimum atomic E-state index is 0.114. The van der Waals surface area contributed by atoms with Crippen LogP contribution in [-0.2, 0) is 4.74 Å². The molecule has 0 spiro atoms. The van der Waals surface area contributed by atoms with Crippen LogP contribution >= 0.6 is 0 Å². The molecule has 64 valence electrons. The maximum atomic E-state index is 9.16. The molecule has 0 fully saturated rings. The number of anilines is 1. The average molecular weight is 165 g/mol. The van der Waals surface area contributed by atoms with E-state index in [9.17, 15) is 0 Å². The predicted octanol–water partition coefficient (Wildman–Crippen LogP) is 1.59. The Kier molecular flexibility index (Phi) is 2.24. The van der Waals surface area contributed by atoms with Crippen LogP contribution in [0.4, 0.5) is 5.69 Å². The minimum absolute atomic E-state index is 0.114. The third kappa shape index (κ3) is 1.69. The number of methoxy groups -OCH3 is 1. The largest absolute Gasteiger partial charge is 0.508 e. The number of benzene rings is 1. The Hall–Kier alpha value is -1.64. The van der Waals surface area contributed by atoms with Gasteiger partial charge in [0.15, 0.2) is 0 Å². The monoisotopic (exact) mass is 165 g/mol. The molecule has 0 aliphatic rings. The van der Waals surface area contributed by atoms with Crippen LogP contribution in [0.25, 0.3) is 5.76 Å². The van der Waals surface area contributed by atoms with E-state index in [4.69, 9.17) is 15.6 Å². The molecular formula is C9H11NO2. The molecule has 0 saturated heterocycles. The van der Waals surface area contributed by atoms with Crippen molar-refractivity contribution in [1.29, 1.82) is 0 Å². The molecule has 0 radical (unpaired) electrons. The summed E-state index contributed by atoms with van der Waals surface area (Å²) in [6, 6.07) is 4.69. The average Bonchev–Trinajstić information content (AvgIpc) is 2.01. The van der Waals surface area contributed by atoms with Crippen molar-refractivity contribution in [2.75, 3.05) is 12.8 Å². The number of nitrogen functional groups attached to an aromatic ring is 1. The highest BCUT2D eigenvalue weighted by Crippen LogP contribution is 2.22. The standard InChI is InChI=1S/C9H11NO2/c1-6(12-2)7-3-8(10)5-9(11)4-7/h3-5,11H,1,10H2,2H3. The third-order valence-electron chi connectivity index (χ3n) is 1.51. The summed E-state index contributed by atoms with van der Waals surface area (Å²) in [5.74, 6) is 0.598. The normalized spacial score (nSPS) is 9.42. The first-order valence-electron chi connectivity index (χ1n) is 3.46. The molecule has 1 aromatic rings. The Morgan fingerprint density at radius 2 is 2.17 bits per heavy atom. The zero-order chi connectivity index (χ0) is 9.14. The van der Waals surface area contributed by atoms with Gasteiger partial charge < -0.3 is 15.6 Å². The van der Waals surface area contributed by atoms with Crippen LogP contribution in [0.15, 0.2) is 24.8 Å². The smallest absolute Gasteiger partial charge is 0.119 e. The summed E-state index contributed by atoms with van der Waals surface area (Å²) < 4.78 is 4.89. The van der Waals surface area contributed by atoms with E-state index in [1.54, 1.807) is 12.1 Å². The first-order valence-corrected chi connectivity index (χ1v) is 3.46. The molecule has 3 N–H and O–H groups in total. The number of aromatic hydroxyl groups is 1. The molecule has 1 aromatic carbocycles. The van der Waals surface area contributed by atoms with Gasteiger partial charge in [0.05, 0.1) is 7.11 Å². The lowest BCUT2D eigenvalue weighted by Gasteiger charge is -2.05. The molecular weight excluding hydrogens is 154 g/mol. The Morgan fingerprint density at radius 1 is 1.50 bits per heavy atom. The zero-order valence-corrected chi connectivity index (χ0v) is 6.87. The Bertz CT molecular complexity index is 287. The molecule has 0 aliphatic carbocycles. The van der Waals surface area contributed by atoms with Crippen molar-refractivity contribution in [3.05, 3.63) is 30.3 Å². The molecule has 0 atom stereocenters. The van der Waals surface area contributed by atoms with E-state index in [1.165, 1.54) is 13.2 Å². The van der Waals surface area contributed by atoms with Crippen molar-refractivity contribution in [1.82, 2.24) is 0 Å². The first kappa shape index (κ1) is 8.46. The Balaban J connectivity index is 3.08. The van der Waals surface area contributed by atoms with Gasteiger partial charge in [-0.1, -0.05) is 6.58 Å². The summed E-state index contributed by atoms with van der Waals surface area (Å²) in [5, 5.41) is 9.16. The molecule has 0 unspecified atom stereocenters. The number of phenolic OH excluding ortho intramolecular Hbond substituents is 1. The topological polar surface area (TPSA) is 55.5 Å². The molecule has 0 aliphatic heterocycles. The second-order valence-corrected chi connectivity index (χ2v) is 2.44. The maximum absolute atomic E-state index is 9.16. The van der Waals surface area contributed by atoms with Gasteiger partial charge in [0.2, 0.25) is 0 Å². The highest BCUT2D eigenvalue weighted by Gasteiger charge is 2.00. The van der Waals surface area contributed by atoms with E-state index in [1.807, 2.05) is 0 Å². The van der Waals surface area contributed by atoms with E-state index >= 15 is 0 Å². The fraction of sp³-hybridized carbons (Fsp3) is 0.111. The molecule has 0 bridgehead atoms. The summed E-state index contributed by atoms with van der Waals surface area (Å²) >= 11 is 0. The third-order valence-corrected chi connectivity index (χ3v) is 1.51. The van der Waals surface area contributed by atoms with Crippen molar-refractivity contribution >= 4 is 11.4 Å². The first-order chi connectivity index (χ1) is 5.63. The summed E-state index contributed by atoms with van der Waals surface area (Å²) in [5.41, 5.74) is 6.67. The van der Waals surface area contributed by atoms with Crippen LogP contribution in [-0.4, -0.2) is 12.2 Å². The van der Waals surface area contributed by atoms with Crippen LogP contribution in [0.2, 0.25) is 0 Å². The van der Waals surface area contributed by atoms with Gasteiger partial charge in [-0.3, -0.25) is 0 Å². The van der Waals surface area contributed by atoms with Crippen LogP contribution in [0.1, 0.15) is 5.56 Å². The number of phenols is 1. The van der Waals surface area contributed by atoms with Gasteiger partial charge in [-0.2, -0.15) is 0 Å². The van der Waals surface area contributed by atoms with Crippen molar-refractivity contribution in [2.24, 2.45) is 0 Å². The summed E-state index contributed by atoms with van der Waals surface area (Å²) in [7, 11) is 1.52. The lowest BCUT2D eigenvalue weighted by atomic mass is 10.1. The predicted molar refractivity (Wildman–Crippen MR) is 48.6 cm³/mol. The molecule has 0 aromatic heterocycles. The van der Waals surface area contributed by atoms with E-state index < -0.39 is 0 Å². The Morgan fingerprint density at radius 3 is 2.67 bits per heavy atom. The molecule has 0 amide bonds. The number of ether oxygens (including phenoxy) is 1. The second-order valence-electron chi connectivity index (χ2n) is 2.44. The number of nitrogens with two attached hydrogens (primary N) is 1. The molecule has 3 heteroatoms. The van der Waals surface area contributed by atoms with Crippen LogP contribution in [0.3, 0.4) is 0 Å². The number of hydrogen-bond donors (Lipinski definition) is 2. The van der Waals surface area contributed by atoms with Crippen molar-refractivity contribution in [3.63, 3.8) is 0 Å². The summed E-state index contributed by atoms with van der Waals surface area (Å²) in [6.45, 7) is 3.64. The molecule has 3 nitrogen and oxygen atoms in total. The van der Waals surface area contributed by atoms with Crippen LogP contribution in [0, 0.1) is 0 Å². The summed E-state index contributed by atoms with van der Waals surface area (Å²) in [4.78, 5) is 0. The van der Waals surface area contributed by atoms with Crippen molar-refractivity contribution in [3.8, 4) is 5.75 Å². The second kappa shape index (κ2) is 3.17. The highest BCUT2D eigenvalue weighted by atomic mass is 16.5. The van der Waals surface area contributed by atoms with Gasteiger partial charge in [0, 0.05) is 17.3 Å². The van der Waals surface area contributed by atoms with Crippen LogP contribution in [0.5, 0.6) is 5.75 Å². The van der Waals surface area contributed by atoms with E-state index in [0.29, 0.717) is 17.0 Å². The van der Waals surface area contributed by atoms with E-state index in [-0.39, 0.29) is 5.75 Å². The zero-order valence-electron chi connectivity index (χ0n) is 6.87. The lowest BCUT2D eigenvalue weighted by molar-refractivity contribution is 0.371. The highest BCUT2D eigenvalue weighted by molar-refractivity contribution is 5.63. The SMILES string of the molecule is C=C(OC)c1cc(N)cc(O)c1. The molecule has 0 heterocycles. The quantitative estimate of drug-likeness (QED) is 0.517. The molecule has 0 saturated carbocycles. The van der Waals surface area contributed by atoms with Gasteiger partial charge in [-0.15, -0.1) is 0 Å². The van der Waals surface area contributed by atoms with Gasteiger partial charge in [0.25, 0.3) is 0 Å². The fourth-order valence-electron chi connectivity index (χ4n) is 0.913. The number of hydrogen-bond acceptors (Lipinski definition) is 3. The number of rotatable bonds is 2. The fourth-order valence-corrected chi connectivity index (χ4v) is 0.913. The van der Waals surface area contributed by atoms with Gasteiger partial charge in [-0.25, -0.2) is 0 Å². The molecule has 12 heavy (non-hydrogen) atoms.